The zero-order chi connectivity index (χ0) is 40.8. The second-order valence-corrected chi connectivity index (χ2v) is 16.7. The summed E-state index contributed by atoms with van der Waals surface area (Å²) in [6.45, 7) is 0. The van der Waals surface area contributed by atoms with Crippen LogP contribution in [0.25, 0.3) is 76.8 Å². The molecule has 2 aliphatic carbocycles. The van der Waals surface area contributed by atoms with Crippen molar-refractivity contribution in [2.24, 2.45) is 0 Å². The van der Waals surface area contributed by atoms with E-state index in [0.29, 0.717) is 0 Å². The molecule has 62 heavy (non-hydrogen) atoms. The topological polar surface area (TPSA) is 3.24 Å². The lowest BCUT2D eigenvalue weighted by Gasteiger charge is -2.32. The smallest absolute Gasteiger partial charge is 0.0731 e. The lowest BCUT2D eigenvalue weighted by molar-refractivity contribution is 0.803. The highest BCUT2D eigenvalue weighted by Crippen LogP contribution is 2.66. The molecule has 1 nitrogen and oxygen atoms in total. The highest BCUT2D eigenvalue weighted by atomic mass is 15.1. The number of para-hydroxylation sites is 1. The van der Waals surface area contributed by atoms with Crippen molar-refractivity contribution < 1.29 is 0 Å². The van der Waals surface area contributed by atoms with E-state index in [1.54, 1.807) is 0 Å². The summed E-state index contributed by atoms with van der Waals surface area (Å²) >= 11 is 0. The fraction of sp³-hybridized carbons (Fsp3) is 0.0164. The summed E-state index contributed by atoms with van der Waals surface area (Å²) in [6.07, 6.45) is 0. The van der Waals surface area contributed by atoms with Gasteiger partial charge < -0.3 is 4.90 Å². The van der Waals surface area contributed by atoms with Crippen molar-refractivity contribution in [1.29, 1.82) is 0 Å². The molecule has 0 unspecified atom stereocenters. The van der Waals surface area contributed by atoms with E-state index in [1.807, 2.05) is 0 Å². The van der Waals surface area contributed by atoms with E-state index in [9.17, 15) is 0 Å². The number of hydrogen-bond donors (Lipinski definition) is 0. The second kappa shape index (κ2) is 13.5. The summed E-state index contributed by atoms with van der Waals surface area (Å²) in [7, 11) is 0. The number of rotatable bonds is 5. The summed E-state index contributed by atoms with van der Waals surface area (Å²) in [5.74, 6) is 0. The Morgan fingerprint density at radius 1 is 0.290 bits per heavy atom. The molecule has 0 saturated heterocycles. The number of anilines is 3. The van der Waals surface area contributed by atoms with Crippen LogP contribution in [-0.2, 0) is 5.41 Å². The molecule has 0 heterocycles. The molecule has 0 N–H and O–H groups in total. The molecule has 13 rings (SSSR count). The second-order valence-electron chi connectivity index (χ2n) is 16.7. The minimum atomic E-state index is -0.501. The maximum atomic E-state index is 2.54. The lowest BCUT2D eigenvalue weighted by atomic mass is 9.69. The van der Waals surface area contributed by atoms with Crippen LogP contribution in [0.5, 0.6) is 0 Å². The van der Waals surface area contributed by atoms with Gasteiger partial charge in [0.05, 0.1) is 11.1 Å². The average Bonchev–Trinajstić information content (AvgIpc) is 3.81. The molecule has 0 radical (unpaired) electrons. The Morgan fingerprint density at radius 3 is 1.55 bits per heavy atom. The first-order valence-corrected chi connectivity index (χ1v) is 21.6. The molecule has 0 fully saturated rings. The summed E-state index contributed by atoms with van der Waals surface area (Å²) < 4.78 is 0. The molecule has 1 spiro atoms. The number of benzene rings is 11. The van der Waals surface area contributed by atoms with Crippen LogP contribution < -0.4 is 4.90 Å². The van der Waals surface area contributed by atoms with E-state index < -0.39 is 5.41 Å². The zero-order valence-electron chi connectivity index (χ0n) is 34.0. The molecule has 0 aromatic heterocycles. The average molecular weight is 786 g/mol. The van der Waals surface area contributed by atoms with E-state index in [1.165, 1.54) is 99.1 Å². The third kappa shape index (κ3) is 4.91. The monoisotopic (exact) mass is 785 g/mol. The van der Waals surface area contributed by atoms with Crippen LogP contribution in [0.1, 0.15) is 22.3 Å². The predicted octanol–water partition coefficient (Wildman–Crippen LogP) is 16.3. The fourth-order valence-corrected chi connectivity index (χ4v) is 11.1. The molecular formula is C61H39N. The minimum absolute atomic E-state index is 0.501. The summed E-state index contributed by atoms with van der Waals surface area (Å²) in [4.78, 5) is 2.44. The highest BCUT2D eigenvalue weighted by molar-refractivity contribution is 6.20. The van der Waals surface area contributed by atoms with Crippen molar-refractivity contribution in [3.8, 4) is 44.5 Å². The normalized spacial score (nSPS) is 13.0. The Balaban J connectivity index is 1.10. The van der Waals surface area contributed by atoms with Gasteiger partial charge in [-0.1, -0.05) is 188 Å². The molecule has 0 atom stereocenters. The lowest BCUT2D eigenvalue weighted by Crippen LogP contribution is -2.26. The zero-order valence-corrected chi connectivity index (χ0v) is 34.0. The fourth-order valence-electron chi connectivity index (χ4n) is 11.1. The Labute approximate surface area is 361 Å². The molecule has 2 aliphatic rings. The van der Waals surface area contributed by atoms with Crippen molar-refractivity contribution in [3.63, 3.8) is 0 Å². The molecule has 11 aromatic carbocycles. The Morgan fingerprint density at radius 2 is 0.855 bits per heavy atom. The summed E-state index contributed by atoms with van der Waals surface area (Å²) in [5, 5.41) is 7.66. The van der Waals surface area contributed by atoms with Crippen molar-refractivity contribution >= 4 is 49.4 Å². The van der Waals surface area contributed by atoms with Gasteiger partial charge >= 0.3 is 0 Å². The van der Waals surface area contributed by atoms with E-state index in [0.717, 1.165) is 17.1 Å². The van der Waals surface area contributed by atoms with Gasteiger partial charge in [-0.05, 0) is 142 Å². The quantitative estimate of drug-likeness (QED) is 0.157. The van der Waals surface area contributed by atoms with Gasteiger partial charge in [0.25, 0.3) is 0 Å². The first-order valence-electron chi connectivity index (χ1n) is 21.6. The molecular weight excluding hydrogens is 747 g/mol. The van der Waals surface area contributed by atoms with Crippen molar-refractivity contribution in [3.05, 3.63) is 259 Å². The van der Waals surface area contributed by atoms with Crippen molar-refractivity contribution in [1.82, 2.24) is 0 Å². The van der Waals surface area contributed by atoms with E-state index >= 15 is 0 Å². The molecule has 1 heteroatoms. The highest BCUT2D eigenvalue weighted by Gasteiger charge is 2.53. The van der Waals surface area contributed by atoms with Crippen molar-refractivity contribution in [2.75, 3.05) is 4.90 Å². The molecule has 0 saturated carbocycles. The van der Waals surface area contributed by atoms with E-state index in [2.05, 4.69) is 241 Å². The molecule has 0 bridgehead atoms. The number of nitrogens with zero attached hydrogens (tertiary/aromatic N) is 1. The van der Waals surface area contributed by atoms with Crippen LogP contribution in [0.4, 0.5) is 17.1 Å². The van der Waals surface area contributed by atoms with Gasteiger partial charge in [-0.25, -0.2) is 0 Å². The first kappa shape index (κ1) is 34.8. The van der Waals surface area contributed by atoms with Gasteiger partial charge in [0, 0.05) is 16.9 Å². The standard InChI is InChI=1S/C61H39N/c1-4-18-40(19-5-1)42-33-35-58(53(37-42)41-20-6-2-7-21-41)62(45-22-8-3-9-23-45)46-34-32-43-38-54-57(39-44(43)36-46)61(55-30-16-14-26-49(55)50-27-15-17-31-56(50)61)60-52-29-13-11-25-48(52)47-24-10-12-28-51(47)59(54)60/h1-39H. The molecule has 0 aliphatic heterocycles. The Kier molecular flexibility index (Phi) is 7.59. The SMILES string of the molecule is c1ccc(-c2ccc(N(c3ccccc3)c3ccc4cc5c(cc4c3)C3(c4ccccc4-c4ccccc43)c3c-5c4ccccc4c4ccccc34)c(-c3ccccc3)c2)cc1. The summed E-state index contributed by atoms with van der Waals surface area (Å²) in [6, 6.07) is 87.8. The Bertz CT molecular complexity index is 3520. The molecule has 288 valence electrons. The van der Waals surface area contributed by atoms with Gasteiger partial charge in [-0.15, -0.1) is 0 Å². The molecule has 11 aromatic rings. The van der Waals surface area contributed by atoms with Gasteiger partial charge in [0.15, 0.2) is 0 Å². The van der Waals surface area contributed by atoms with Gasteiger partial charge in [0.1, 0.15) is 0 Å². The van der Waals surface area contributed by atoms with Gasteiger partial charge in [-0.3, -0.25) is 0 Å². The van der Waals surface area contributed by atoms with Crippen molar-refractivity contribution in [2.45, 2.75) is 5.41 Å². The number of hydrogen-bond acceptors (Lipinski definition) is 1. The van der Waals surface area contributed by atoms with Crippen LogP contribution in [0.15, 0.2) is 237 Å². The summed E-state index contributed by atoms with van der Waals surface area (Å²) in [5.41, 5.74) is 18.3. The van der Waals surface area contributed by atoms with Crippen LogP contribution in [-0.4, -0.2) is 0 Å². The largest absolute Gasteiger partial charge is 0.310 e. The maximum Gasteiger partial charge on any atom is 0.0731 e. The first-order chi connectivity index (χ1) is 30.8. The minimum Gasteiger partial charge on any atom is -0.310 e. The van der Waals surface area contributed by atoms with E-state index in [4.69, 9.17) is 0 Å². The predicted molar refractivity (Wildman–Crippen MR) is 261 cm³/mol. The van der Waals surface area contributed by atoms with Crippen LogP contribution in [0.2, 0.25) is 0 Å². The van der Waals surface area contributed by atoms with Crippen LogP contribution >= 0.6 is 0 Å². The molecule has 0 amide bonds. The Hall–Kier alpha value is -8.00. The van der Waals surface area contributed by atoms with Crippen LogP contribution in [0, 0.1) is 0 Å². The van der Waals surface area contributed by atoms with Crippen LogP contribution in [0.3, 0.4) is 0 Å². The van der Waals surface area contributed by atoms with Gasteiger partial charge in [-0.2, -0.15) is 0 Å². The third-order valence-corrected chi connectivity index (χ3v) is 13.6. The van der Waals surface area contributed by atoms with Gasteiger partial charge in [0.2, 0.25) is 0 Å². The maximum absolute atomic E-state index is 2.54. The third-order valence-electron chi connectivity index (χ3n) is 13.6. The number of fused-ring (bicyclic) bond motifs is 16. The van der Waals surface area contributed by atoms with E-state index in [-0.39, 0.29) is 0 Å².